The van der Waals surface area contributed by atoms with Gasteiger partial charge in [0.25, 0.3) is 0 Å². The highest BCUT2D eigenvalue weighted by atomic mass is 31.2. The minimum Gasteiger partial charge on any atom is -0.391 e. The quantitative estimate of drug-likeness (QED) is 0.0239. The van der Waals surface area contributed by atoms with Crippen molar-refractivity contribution >= 4 is 21.6 Å². The lowest BCUT2D eigenvalue weighted by Gasteiger charge is -2.47. The van der Waals surface area contributed by atoms with E-state index in [0.29, 0.717) is 12.8 Å². The number of carbonyl (C=O) groups is 1. The molecule has 1 saturated heterocycles. The number of phosphoric acid groups is 2. The molecule has 0 bridgehead atoms. The lowest BCUT2D eigenvalue weighted by Crippen LogP contribution is -2.67. The summed E-state index contributed by atoms with van der Waals surface area (Å²) < 4.78 is 58.0. The van der Waals surface area contributed by atoms with Crippen LogP contribution in [0.2, 0.25) is 0 Å². The van der Waals surface area contributed by atoms with Gasteiger partial charge >= 0.3 is 15.6 Å². The Bertz CT molecular complexity index is 1890. The third kappa shape index (κ3) is 31.7. The third-order valence-electron chi connectivity index (χ3n) is 17.8. The van der Waals surface area contributed by atoms with Gasteiger partial charge < -0.3 is 91.0 Å². The zero-order valence-corrected chi connectivity index (χ0v) is 55.3. The van der Waals surface area contributed by atoms with Gasteiger partial charge in [-0.05, 0) is 12.8 Å². The predicted octanol–water partition coefficient (Wildman–Crippen LogP) is 6.17. The smallest absolute Gasteiger partial charge is 0.391 e. The fraction of sp³-hybridized carbons (Fsp3) is 0.984. The molecule has 1 amide bonds. The second-order valence-corrected chi connectivity index (χ2v) is 28.3. The summed E-state index contributed by atoms with van der Waals surface area (Å²) in [4.78, 5) is 34.9. The maximum absolute atomic E-state index is 13.8. The molecule has 4 unspecified atom stereocenters. The first-order chi connectivity index (χ1) is 42.5. The topological polar surface area (TPSA) is 422 Å². The Hall–Kier alpha value is -0.910. The Balaban J connectivity index is 1.54. The lowest BCUT2D eigenvalue weighted by atomic mass is 9.84. The monoisotopic (exact) mass is 1330 g/mol. The molecular formula is C62H121NO24P2. The van der Waals surface area contributed by atoms with Crippen LogP contribution in [0.3, 0.4) is 0 Å². The van der Waals surface area contributed by atoms with Crippen LogP contribution < -0.4 is 5.32 Å². The Kier molecular flexibility index (Phi) is 42.8. The summed E-state index contributed by atoms with van der Waals surface area (Å²) in [5.74, 6) is -0.435. The number of phosphoric ester groups is 2. The molecule has 16 N–H and O–H groups in total. The molecule has 1 heterocycles. The standard InChI is InChI=1S/C62H121NO24P2/c1-3-5-7-9-11-13-15-17-18-19-20-21-22-23-24-25-26-28-30-32-34-36-38-40-46(65)63-43(44(64)39-37-35-33-31-29-27-16-14-12-10-8-6-4-2)41-82-88(78,79)87-61-57(76)53(72)52(71)56(75)60(61)85-62-58(77)48(67)47(66)45(84-62)42-83-89(80,81)86-59-54(73)50(69)49(68)51(70)55(59)74/h43-45,47-62,64,66-77H,3-42H2,1-2H3,(H,63,65)(H,78,79)(H,80,81)/t43-,44+,45+,47+,48-,49?,50-,51+,52+,53+,54+,55+,56-,57+,58-,59?,60+,61+,62-/m0/s1. The number of amides is 1. The van der Waals surface area contributed by atoms with Crippen molar-refractivity contribution in [2.45, 2.75) is 374 Å². The summed E-state index contributed by atoms with van der Waals surface area (Å²) in [6.45, 7) is 2.42. The summed E-state index contributed by atoms with van der Waals surface area (Å²) in [7, 11) is -11.0. The van der Waals surface area contributed by atoms with Crippen molar-refractivity contribution in [3.05, 3.63) is 0 Å². The van der Waals surface area contributed by atoms with E-state index in [-0.39, 0.29) is 12.8 Å². The first-order valence-corrected chi connectivity index (χ1v) is 37.2. The molecule has 25 nitrogen and oxygen atoms in total. The van der Waals surface area contributed by atoms with Crippen LogP contribution in [0.15, 0.2) is 0 Å². The van der Waals surface area contributed by atoms with Crippen LogP contribution in [-0.4, -0.2) is 211 Å². The molecule has 3 fully saturated rings. The van der Waals surface area contributed by atoms with Crippen LogP contribution in [0.5, 0.6) is 0 Å². The number of aliphatic hydroxyl groups excluding tert-OH is 13. The molecule has 27 heteroatoms. The lowest BCUT2D eigenvalue weighted by molar-refractivity contribution is -0.337. The van der Waals surface area contributed by atoms with E-state index >= 15 is 0 Å². The fourth-order valence-electron chi connectivity index (χ4n) is 12.0. The van der Waals surface area contributed by atoms with Gasteiger partial charge in [0.05, 0.1) is 25.4 Å². The van der Waals surface area contributed by atoms with Crippen LogP contribution >= 0.6 is 15.6 Å². The van der Waals surface area contributed by atoms with E-state index in [1.807, 2.05) is 0 Å². The average molecular weight is 1330 g/mol. The van der Waals surface area contributed by atoms with Crippen molar-refractivity contribution in [2.24, 2.45) is 0 Å². The van der Waals surface area contributed by atoms with E-state index < -0.39 is 151 Å². The van der Waals surface area contributed by atoms with Crippen molar-refractivity contribution in [3.8, 4) is 0 Å². The number of nitrogens with one attached hydrogen (secondary N) is 1. The Morgan fingerprint density at radius 1 is 0.404 bits per heavy atom. The number of carbonyl (C=O) groups excluding carboxylic acids is 1. The molecule has 21 atom stereocenters. The first-order valence-electron chi connectivity index (χ1n) is 34.2. The van der Waals surface area contributed by atoms with Gasteiger partial charge in [0.2, 0.25) is 5.91 Å². The molecule has 3 aliphatic rings. The highest BCUT2D eigenvalue weighted by Gasteiger charge is 2.56. The second-order valence-electron chi connectivity index (χ2n) is 25.5. The summed E-state index contributed by atoms with van der Waals surface area (Å²) in [5.41, 5.74) is 0. The number of hydrogen-bond donors (Lipinski definition) is 16. The zero-order chi connectivity index (χ0) is 65.8. The average Bonchev–Trinajstić information content (AvgIpc) is 1.54. The van der Waals surface area contributed by atoms with Gasteiger partial charge in [0.1, 0.15) is 97.7 Å². The number of rotatable bonds is 52. The highest BCUT2D eigenvalue weighted by Crippen LogP contribution is 2.49. The molecule has 3 rings (SSSR count). The van der Waals surface area contributed by atoms with Gasteiger partial charge in [-0.15, -0.1) is 0 Å². The molecule has 528 valence electrons. The van der Waals surface area contributed by atoms with Crippen LogP contribution in [-0.2, 0) is 41.5 Å². The Morgan fingerprint density at radius 2 is 0.719 bits per heavy atom. The maximum atomic E-state index is 13.8. The van der Waals surface area contributed by atoms with Crippen LogP contribution in [0.4, 0.5) is 0 Å². The minimum absolute atomic E-state index is 0.108. The number of hydrogen-bond acceptors (Lipinski definition) is 22. The molecule has 0 radical (unpaired) electrons. The van der Waals surface area contributed by atoms with E-state index in [0.717, 1.165) is 57.8 Å². The van der Waals surface area contributed by atoms with Crippen molar-refractivity contribution < 1.29 is 118 Å². The van der Waals surface area contributed by atoms with Gasteiger partial charge in [-0.1, -0.05) is 239 Å². The van der Waals surface area contributed by atoms with E-state index in [4.69, 9.17) is 27.6 Å². The van der Waals surface area contributed by atoms with Crippen molar-refractivity contribution in [3.63, 3.8) is 0 Å². The normalized spacial score (nSPS) is 31.3. The molecule has 89 heavy (non-hydrogen) atoms. The fourth-order valence-corrected chi connectivity index (χ4v) is 13.9. The highest BCUT2D eigenvalue weighted by molar-refractivity contribution is 7.47. The predicted molar refractivity (Wildman–Crippen MR) is 332 cm³/mol. The molecule has 0 aromatic carbocycles. The second kappa shape index (κ2) is 46.3. The molecule has 2 saturated carbocycles. The first kappa shape index (κ1) is 82.3. The van der Waals surface area contributed by atoms with Gasteiger partial charge in [0, 0.05) is 6.42 Å². The number of unbranched alkanes of at least 4 members (excludes halogenated alkanes) is 34. The van der Waals surface area contributed by atoms with Crippen LogP contribution in [0.25, 0.3) is 0 Å². The molecule has 2 aliphatic carbocycles. The molecular weight excluding hydrogens is 1200 g/mol. The summed E-state index contributed by atoms with van der Waals surface area (Å²) in [5, 5.41) is 141. The van der Waals surface area contributed by atoms with Crippen molar-refractivity contribution in [1.82, 2.24) is 5.32 Å². The SMILES string of the molecule is CCCCCCCCCCCCCCCCCCCCCCCCCC(=O)N[C@@H](COP(=O)(O)O[C@@H]1[C@H](O)[C@H](O)[C@@H](O)[C@H](O)[C@H]1O[C@@H]1O[C@H](COP(=O)(O)OC2[C@H](O)[C@H](O)C(O)[C@H](O)[C@H]2O)[C@@H](O)[C@H](O)[C@@H]1O)[C@H](O)CCCCCCCCCCCCCCC. The van der Waals surface area contributed by atoms with E-state index in [2.05, 4.69) is 19.2 Å². The van der Waals surface area contributed by atoms with Crippen molar-refractivity contribution in [1.29, 1.82) is 0 Å². The van der Waals surface area contributed by atoms with Crippen LogP contribution in [0, 0.1) is 0 Å². The van der Waals surface area contributed by atoms with E-state index in [9.17, 15) is 90.1 Å². The van der Waals surface area contributed by atoms with Crippen molar-refractivity contribution in [2.75, 3.05) is 13.2 Å². The van der Waals surface area contributed by atoms with E-state index in [1.165, 1.54) is 161 Å². The summed E-state index contributed by atoms with van der Waals surface area (Å²) in [6, 6.07) is -1.24. The summed E-state index contributed by atoms with van der Waals surface area (Å²) in [6.07, 6.45) is 3.85. The third-order valence-corrected chi connectivity index (χ3v) is 19.8. The van der Waals surface area contributed by atoms with Crippen LogP contribution in [0.1, 0.15) is 258 Å². The largest absolute Gasteiger partial charge is 0.472 e. The molecule has 0 aromatic rings. The molecule has 0 aromatic heterocycles. The molecule has 0 spiro atoms. The Morgan fingerprint density at radius 3 is 1.12 bits per heavy atom. The van der Waals surface area contributed by atoms with Gasteiger partial charge in [-0.25, -0.2) is 9.13 Å². The maximum Gasteiger partial charge on any atom is 0.472 e. The van der Waals surface area contributed by atoms with Gasteiger partial charge in [0.15, 0.2) is 6.29 Å². The summed E-state index contributed by atoms with van der Waals surface area (Å²) >= 11 is 0. The number of aliphatic hydroxyl groups is 13. The zero-order valence-electron chi connectivity index (χ0n) is 53.5. The van der Waals surface area contributed by atoms with Gasteiger partial charge in [-0.2, -0.15) is 0 Å². The molecule has 1 aliphatic heterocycles. The van der Waals surface area contributed by atoms with Gasteiger partial charge in [-0.3, -0.25) is 22.9 Å². The Labute approximate surface area is 529 Å². The minimum atomic E-state index is -5.51. The van der Waals surface area contributed by atoms with E-state index in [1.54, 1.807) is 0 Å². The number of ether oxygens (including phenoxy) is 2.